The molecule has 1 aromatic rings. The first-order chi connectivity index (χ1) is 8.47. The van der Waals surface area contributed by atoms with Crippen molar-refractivity contribution in [1.29, 1.82) is 0 Å². The highest BCUT2D eigenvalue weighted by atomic mass is 79.9. The topological polar surface area (TPSA) is 12.0 Å². The monoisotopic (exact) mass is 335 g/mol. The van der Waals surface area contributed by atoms with Gasteiger partial charge in [-0.3, -0.25) is 0 Å². The fourth-order valence-electron chi connectivity index (χ4n) is 1.92. The molecule has 0 bridgehead atoms. The molecule has 0 heterocycles. The molecule has 0 amide bonds. The molecule has 1 rings (SSSR count). The Morgan fingerprint density at radius 3 is 2.61 bits per heavy atom. The molecule has 0 radical (unpaired) electrons. The maximum absolute atomic E-state index is 14.2. The number of halogens is 3. The third kappa shape index (κ3) is 4.22. The van der Waals surface area contributed by atoms with Gasteiger partial charge < -0.3 is 5.32 Å². The van der Waals surface area contributed by atoms with Gasteiger partial charge >= 0.3 is 0 Å². The minimum atomic E-state index is -0.319. The van der Waals surface area contributed by atoms with Crippen LogP contribution in [-0.4, -0.2) is 6.54 Å². The molecular weight excluding hydrogens is 317 g/mol. The Hall–Kier alpha value is -0.120. The zero-order valence-electron chi connectivity index (χ0n) is 11.1. The first kappa shape index (κ1) is 15.9. The molecule has 1 aromatic carbocycles. The van der Waals surface area contributed by atoms with Crippen LogP contribution in [0.15, 0.2) is 16.6 Å². The second kappa shape index (κ2) is 7.46. The van der Waals surface area contributed by atoms with Gasteiger partial charge in [-0.1, -0.05) is 38.4 Å². The van der Waals surface area contributed by atoms with Crippen molar-refractivity contribution in [3.05, 3.63) is 33.0 Å². The first-order valence-electron chi connectivity index (χ1n) is 6.34. The summed E-state index contributed by atoms with van der Waals surface area (Å²) in [6.45, 7) is 7.26. The summed E-state index contributed by atoms with van der Waals surface area (Å²) in [5, 5.41) is 3.56. The molecule has 1 N–H and O–H groups in total. The number of nitrogens with one attached hydrogen (secondary N) is 1. The van der Waals surface area contributed by atoms with Crippen LogP contribution in [-0.2, 0) is 0 Å². The minimum absolute atomic E-state index is 0.0237. The maximum atomic E-state index is 14.2. The second-order valence-corrected chi connectivity index (χ2v) is 6.13. The lowest BCUT2D eigenvalue weighted by Crippen LogP contribution is -2.24. The van der Waals surface area contributed by atoms with Gasteiger partial charge in [0, 0.05) is 16.1 Å². The average Bonchev–Trinajstić information content (AvgIpc) is 2.31. The predicted octanol–water partition coefficient (Wildman–Crippen LogP) is 5.33. The Morgan fingerprint density at radius 1 is 1.39 bits per heavy atom. The molecule has 0 aromatic heterocycles. The van der Waals surface area contributed by atoms with Crippen LogP contribution in [0.1, 0.15) is 45.2 Å². The van der Waals surface area contributed by atoms with E-state index in [-0.39, 0.29) is 16.9 Å². The van der Waals surface area contributed by atoms with E-state index in [2.05, 4.69) is 42.0 Å². The van der Waals surface area contributed by atoms with Crippen LogP contribution >= 0.6 is 27.5 Å². The highest BCUT2D eigenvalue weighted by Crippen LogP contribution is 2.32. The summed E-state index contributed by atoms with van der Waals surface area (Å²) in [5.41, 5.74) is 0.658. The zero-order chi connectivity index (χ0) is 13.7. The summed E-state index contributed by atoms with van der Waals surface area (Å²) in [5.74, 6) is 0.182. The summed E-state index contributed by atoms with van der Waals surface area (Å²) < 4.78 is 14.8. The van der Waals surface area contributed by atoms with E-state index in [4.69, 9.17) is 11.6 Å². The number of benzene rings is 1. The summed E-state index contributed by atoms with van der Waals surface area (Å²) in [7, 11) is 0. The largest absolute Gasteiger partial charge is 0.310 e. The van der Waals surface area contributed by atoms with E-state index in [0.29, 0.717) is 16.0 Å². The summed E-state index contributed by atoms with van der Waals surface area (Å²) in [6, 6.07) is 3.64. The van der Waals surface area contributed by atoms with Crippen LogP contribution in [0, 0.1) is 11.7 Å². The van der Waals surface area contributed by atoms with E-state index < -0.39 is 0 Å². The van der Waals surface area contributed by atoms with Crippen molar-refractivity contribution in [2.75, 3.05) is 6.54 Å². The van der Waals surface area contributed by atoms with Gasteiger partial charge in [-0.25, -0.2) is 4.39 Å². The Bertz CT molecular complexity index is 396. The molecule has 4 heteroatoms. The highest BCUT2D eigenvalue weighted by Gasteiger charge is 2.19. The molecule has 0 spiro atoms. The third-order valence-corrected chi connectivity index (χ3v) is 4.05. The first-order valence-corrected chi connectivity index (χ1v) is 7.51. The molecule has 18 heavy (non-hydrogen) atoms. The van der Waals surface area contributed by atoms with Crippen LogP contribution in [0.3, 0.4) is 0 Å². The molecule has 0 aliphatic rings. The van der Waals surface area contributed by atoms with E-state index in [1.165, 1.54) is 0 Å². The van der Waals surface area contributed by atoms with Gasteiger partial charge in [-0.05, 0) is 47.3 Å². The van der Waals surface area contributed by atoms with Gasteiger partial charge in [-0.15, -0.1) is 0 Å². The van der Waals surface area contributed by atoms with Crippen molar-refractivity contribution in [1.82, 2.24) is 5.32 Å². The second-order valence-electron chi connectivity index (χ2n) is 4.90. The molecule has 0 saturated heterocycles. The standard InChI is InChI=1S/C14H20BrClFN/c1-4-7-18-12(8-9(2)3)10-5-6-11(15)13(16)14(10)17/h5-6,9,12,18H,4,7-8H2,1-3H3. The highest BCUT2D eigenvalue weighted by molar-refractivity contribution is 9.10. The average molecular weight is 337 g/mol. The van der Waals surface area contributed by atoms with Crippen molar-refractivity contribution >= 4 is 27.5 Å². The van der Waals surface area contributed by atoms with Gasteiger partial charge in [-0.2, -0.15) is 0 Å². The van der Waals surface area contributed by atoms with Crippen molar-refractivity contribution in [2.45, 2.75) is 39.7 Å². The predicted molar refractivity (Wildman–Crippen MR) is 79.6 cm³/mol. The van der Waals surface area contributed by atoms with E-state index in [1.54, 1.807) is 6.07 Å². The van der Waals surface area contributed by atoms with Crippen LogP contribution in [0.2, 0.25) is 5.02 Å². The molecule has 0 fully saturated rings. The van der Waals surface area contributed by atoms with Crippen molar-refractivity contribution in [3.63, 3.8) is 0 Å². The van der Waals surface area contributed by atoms with E-state index in [9.17, 15) is 4.39 Å². The minimum Gasteiger partial charge on any atom is -0.310 e. The van der Waals surface area contributed by atoms with Crippen LogP contribution in [0.5, 0.6) is 0 Å². The lowest BCUT2D eigenvalue weighted by Gasteiger charge is -2.22. The lowest BCUT2D eigenvalue weighted by molar-refractivity contribution is 0.416. The van der Waals surface area contributed by atoms with E-state index in [0.717, 1.165) is 19.4 Å². The molecular formula is C14H20BrClFN. The van der Waals surface area contributed by atoms with Gasteiger partial charge in [0.05, 0.1) is 5.02 Å². The smallest absolute Gasteiger partial charge is 0.147 e. The molecule has 1 atom stereocenters. The van der Waals surface area contributed by atoms with Crippen LogP contribution in [0.25, 0.3) is 0 Å². The Labute approximate surface area is 122 Å². The number of hydrogen-bond acceptors (Lipinski definition) is 1. The Morgan fingerprint density at radius 2 is 2.06 bits per heavy atom. The van der Waals surface area contributed by atoms with E-state index >= 15 is 0 Å². The summed E-state index contributed by atoms with van der Waals surface area (Å²) in [6.07, 6.45) is 1.93. The molecule has 1 unspecified atom stereocenters. The lowest BCUT2D eigenvalue weighted by atomic mass is 9.96. The number of rotatable bonds is 6. The van der Waals surface area contributed by atoms with Gasteiger partial charge in [0.1, 0.15) is 5.82 Å². The normalized spacial score (nSPS) is 13.1. The Kier molecular flexibility index (Phi) is 6.61. The van der Waals surface area contributed by atoms with Crippen LogP contribution in [0.4, 0.5) is 4.39 Å². The molecule has 0 saturated carbocycles. The quantitative estimate of drug-likeness (QED) is 0.692. The third-order valence-electron chi connectivity index (χ3n) is 2.79. The SMILES string of the molecule is CCCNC(CC(C)C)c1ccc(Br)c(Cl)c1F. The van der Waals surface area contributed by atoms with Crippen molar-refractivity contribution in [3.8, 4) is 0 Å². The van der Waals surface area contributed by atoms with Gasteiger partial charge in [0.25, 0.3) is 0 Å². The molecule has 1 nitrogen and oxygen atoms in total. The van der Waals surface area contributed by atoms with Crippen molar-refractivity contribution in [2.24, 2.45) is 5.92 Å². The van der Waals surface area contributed by atoms with Gasteiger partial charge in [0.2, 0.25) is 0 Å². The van der Waals surface area contributed by atoms with Crippen LogP contribution < -0.4 is 5.32 Å². The zero-order valence-corrected chi connectivity index (χ0v) is 13.4. The summed E-state index contributed by atoms with van der Waals surface area (Å²) >= 11 is 9.19. The molecule has 0 aliphatic heterocycles. The fourth-order valence-corrected chi connectivity index (χ4v) is 2.40. The molecule has 102 valence electrons. The number of hydrogen-bond donors (Lipinski definition) is 1. The fraction of sp³-hybridized carbons (Fsp3) is 0.571. The summed E-state index contributed by atoms with van der Waals surface area (Å²) in [4.78, 5) is 0. The molecule has 0 aliphatic carbocycles. The van der Waals surface area contributed by atoms with Gasteiger partial charge in [0.15, 0.2) is 0 Å². The van der Waals surface area contributed by atoms with Crippen molar-refractivity contribution < 1.29 is 4.39 Å². The van der Waals surface area contributed by atoms with E-state index in [1.807, 2.05) is 6.07 Å². The maximum Gasteiger partial charge on any atom is 0.147 e. The Balaban J connectivity index is 3.00.